The topological polar surface area (TPSA) is 49.3 Å². The Bertz CT molecular complexity index is 680. The monoisotopic (exact) mass is 342 g/mol. The third-order valence-electron chi connectivity index (χ3n) is 4.93. The van der Waals surface area contributed by atoms with Crippen molar-refractivity contribution < 1.29 is 4.79 Å². The first-order valence-electron chi connectivity index (χ1n) is 8.71. The van der Waals surface area contributed by atoms with Gasteiger partial charge in [0.05, 0.1) is 10.6 Å². The first kappa shape index (κ1) is 15.6. The number of nitrogens with zero attached hydrogens (tertiary/aromatic N) is 4. The van der Waals surface area contributed by atoms with Gasteiger partial charge in [-0.1, -0.05) is 0 Å². The van der Waals surface area contributed by atoms with Gasteiger partial charge in [-0.3, -0.25) is 4.79 Å². The molecule has 0 aromatic carbocycles. The second-order valence-corrected chi connectivity index (χ2v) is 7.49. The Balaban J connectivity index is 1.44. The standard InChI is InChI=1S/C18H22N4OS/c23-18(14-5-6-16(20-12-14)21-8-1-2-9-21)22-10-3-4-15(13-22)17-19-7-11-24-17/h5-7,11-12,15H,1-4,8-10,13H2/t15-/m1/s1. The molecule has 4 heterocycles. The lowest BCUT2D eigenvalue weighted by atomic mass is 9.98. The molecule has 0 N–H and O–H groups in total. The second kappa shape index (κ2) is 6.89. The van der Waals surface area contributed by atoms with E-state index >= 15 is 0 Å². The van der Waals surface area contributed by atoms with Gasteiger partial charge in [-0.2, -0.15) is 0 Å². The molecule has 4 rings (SSSR count). The Hall–Kier alpha value is -1.95. The van der Waals surface area contributed by atoms with E-state index in [9.17, 15) is 4.79 Å². The molecule has 24 heavy (non-hydrogen) atoms. The highest BCUT2D eigenvalue weighted by molar-refractivity contribution is 7.09. The molecule has 126 valence electrons. The Labute approximate surface area is 146 Å². The number of piperidine rings is 1. The molecular formula is C18H22N4OS. The van der Waals surface area contributed by atoms with Gasteiger partial charge in [0.15, 0.2) is 0 Å². The van der Waals surface area contributed by atoms with Gasteiger partial charge in [0.1, 0.15) is 5.82 Å². The minimum atomic E-state index is 0.0942. The van der Waals surface area contributed by atoms with Crippen LogP contribution in [0.1, 0.15) is 47.0 Å². The fourth-order valence-electron chi connectivity index (χ4n) is 3.63. The van der Waals surface area contributed by atoms with Crippen LogP contribution in [0.2, 0.25) is 0 Å². The lowest BCUT2D eigenvalue weighted by molar-refractivity contribution is 0.0706. The number of carbonyl (C=O) groups excluding carboxylic acids is 1. The van der Waals surface area contributed by atoms with Crippen molar-refractivity contribution in [2.75, 3.05) is 31.1 Å². The maximum absolute atomic E-state index is 12.8. The van der Waals surface area contributed by atoms with Crippen molar-refractivity contribution in [2.24, 2.45) is 0 Å². The third kappa shape index (κ3) is 3.15. The van der Waals surface area contributed by atoms with Crippen LogP contribution in [0.3, 0.4) is 0 Å². The van der Waals surface area contributed by atoms with Crippen LogP contribution in [0.25, 0.3) is 0 Å². The molecule has 1 atom stereocenters. The van der Waals surface area contributed by atoms with E-state index in [0.29, 0.717) is 11.5 Å². The SMILES string of the molecule is O=C(c1ccc(N2CCCC2)nc1)N1CCC[C@@H](c2nccs2)C1. The number of likely N-dealkylation sites (tertiary alicyclic amines) is 1. The highest BCUT2D eigenvalue weighted by Crippen LogP contribution is 2.29. The molecule has 0 unspecified atom stereocenters. The Morgan fingerprint density at radius 3 is 2.71 bits per heavy atom. The molecule has 2 aliphatic heterocycles. The van der Waals surface area contributed by atoms with Crippen LogP contribution in [0.4, 0.5) is 5.82 Å². The van der Waals surface area contributed by atoms with Crippen LogP contribution in [0.15, 0.2) is 29.9 Å². The zero-order chi connectivity index (χ0) is 16.4. The average Bonchev–Trinajstić information content (AvgIpc) is 3.35. The number of anilines is 1. The lowest BCUT2D eigenvalue weighted by Crippen LogP contribution is -2.39. The Morgan fingerprint density at radius 2 is 2.00 bits per heavy atom. The molecule has 2 saturated heterocycles. The van der Waals surface area contributed by atoms with Gasteiger partial charge in [0.25, 0.3) is 5.91 Å². The molecule has 0 radical (unpaired) electrons. The van der Waals surface area contributed by atoms with Gasteiger partial charge < -0.3 is 9.80 Å². The molecule has 5 nitrogen and oxygen atoms in total. The largest absolute Gasteiger partial charge is 0.357 e. The predicted molar refractivity (Wildman–Crippen MR) is 95.7 cm³/mol. The summed E-state index contributed by atoms with van der Waals surface area (Å²) < 4.78 is 0. The molecule has 0 aliphatic carbocycles. The molecule has 2 fully saturated rings. The van der Waals surface area contributed by atoms with E-state index in [0.717, 1.165) is 49.8 Å². The van der Waals surface area contributed by atoms with E-state index in [2.05, 4.69) is 14.9 Å². The molecule has 2 aromatic rings. The first-order valence-corrected chi connectivity index (χ1v) is 9.59. The maximum Gasteiger partial charge on any atom is 0.255 e. The van der Waals surface area contributed by atoms with Crippen molar-refractivity contribution in [2.45, 2.75) is 31.6 Å². The zero-order valence-corrected chi connectivity index (χ0v) is 14.5. The van der Waals surface area contributed by atoms with E-state index in [-0.39, 0.29) is 5.91 Å². The number of hydrogen-bond acceptors (Lipinski definition) is 5. The van der Waals surface area contributed by atoms with Gasteiger partial charge in [0.2, 0.25) is 0 Å². The van der Waals surface area contributed by atoms with Crippen LogP contribution in [-0.4, -0.2) is 47.0 Å². The quantitative estimate of drug-likeness (QED) is 0.860. The van der Waals surface area contributed by atoms with Crippen LogP contribution in [-0.2, 0) is 0 Å². The van der Waals surface area contributed by atoms with E-state index in [1.165, 1.54) is 12.8 Å². The van der Waals surface area contributed by atoms with Gasteiger partial charge >= 0.3 is 0 Å². The van der Waals surface area contributed by atoms with Crippen LogP contribution in [0.5, 0.6) is 0 Å². The number of pyridine rings is 1. The molecule has 6 heteroatoms. The highest BCUT2D eigenvalue weighted by atomic mass is 32.1. The summed E-state index contributed by atoms with van der Waals surface area (Å²) in [6, 6.07) is 3.91. The summed E-state index contributed by atoms with van der Waals surface area (Å²) in [6.07, 6.45) is 8.20. The highest BCUT2D eigenvalue weighted by Gasteiger charge is 2.27. The molecule has 2 aromatic heterocycles. The van der Waals surface area contributed by atoms with Crippen LogP contribution in [0, 0.1) is 0 Å². The van der Waals surface area contributed by atoms with Crippen molar-refractivity contribution in [1.29, 1.82) is 0 Å². The number of hydrogen-bond donors (Lipinski definition) is 0. The molecule has 0 bridgehead atoms. The Kier molecular flexibility index (Phi) is 4.47. The first-order chi connectivity index (χ1) is 11.8. The minimum Gasteiger partial charge on any atom is -0.357 e. The zero-order valence-electron chi connectivity index (χ0n) is 13.7. The fourth-order valence-corrected chi connectivity index (χ4v) is 4.40. The van der Waals surface area contributed by atoms with E-state index in [1.807, 2.05) is 28.6 Å². The number of aromatic nitrogens is 2. The van der Waals surface area contributed by atoms with Gasteiger partial charge in [-0.05, 0) is 37.8 Å². The Morgan fingerprint density at radius 1 is 1.12 bits per heavy atom. The summed E-state index contributed by atoms with van der Waals surface area (Å²) >= 11 is 1.69. The summed E-state index contributed by atoms with van der Waals surface area (Å²) in [7, 11) is 0. The lowest BCUT2D eigenvalue weighted by Gasteiger charge is -2.32. The fraction of sp³-hybridized carbons (Fsp3) is 0.500. The molecule has 0 saturated carbocycles. The van der Waals surface area contributed by atoms with E-state index in [4.69, 9.17) is 0 Å². The smallest absolute Gasteiger partial charge is 0.255 e. The summed E-state index contributed by atoms with van der Waals surface area (Å²) in [4.78, 5) is 26.0. The van der Waals surface area contributed by atoms with Crippen LogP contribution < -0.4 is 4.90 Å². The van der Waals surface area contributed by atoms with Crippen LogP contribution >= 0.6 is 11.3 Å². The number of rotatable bonds is 3. The third-order valence-corrected chi connectivity index (χ3v) is 5.87. The summed E-state index contributed by atoms with van der Waals surface area (Å²) in [5, 5.41) is 3.16. The normalized spacial score (nSPS) is 21.2. The summed E-state index contributed by atoms with van der Waals surface area (Å²) in [5.41, 5.74) is 0.692. The van der Waals surface area contributed by atoms with E-state index < -0.39 is 0 Å². The molecule has 0 spiro atoms. The van der Waals surface area contributed by atoms with Crippen molar-refractivity contribution in [3.63, 3.8) is 0 Å². The van der Waals surface area contributed by atoms with Crippen molar-refractivity contribution in [3.05, 3.63) is 40.5 Å². The minimum absolute atomic E-state index is 0.0942. The summed E-state index contributed by atoms with van der Waals surface area (Å²) in [5.74, 6) is 1.46. The average molecular weight is 342 g/mol. The molecular weight excluding hydrogens is 320 g/mol. The number of carbonyl (C=O) groups is 1. The van der Waals surface area contributed by atoms with Crippen molar-refractivity contribution in [1.82, 2.24) is 14.9 Å². The maximum atomic E-state index is 12.8. The predicted octanol–water partition coefficient (Wildman–Crippen LogP) is 3.16. The second-order valence-electron chi connectivity index (χ2n) is 6.56. The van der Waals surface area contributed by atoms with Gasteiger partial charge in [-0.25, -0.2) is 9.97 Å². The molecule has 2 aliphatic rings. The van der Waals surface area contributed by atoms with Gasteiger partial charge in [0, 0.05) is 49.9 Å². The van der Waals surface area contributed by atoms with Gasteiger partial charge in [-0.15, -0.1) is 11.3 Å². The van der Waals surface area contributed by atoms with Crippen molar-refractivity contribution >= 4 is 23.1 Å². The number of thiazole rings is 1. The molecule has 1 amide bonds. The summed E-state index contributed by atoms with van der Waals surface area (Å²) in [6.45, 7) is 3.73. The number of amides is 1. The van der Waals surface area contributed by atoms with E-state index in [1.54, 1.807) is 17.5 Å². The van der Waals surface area contributed by atoms with Crippen molar-refractivity contribution in [3.8, 4) is 0 Å².